The van der Waals surface area contributed by atoms with Crippen molar-refractivity contribution in [3.63, 3.8) is 0 Å². The van der Waals surface area contributed by atoms with Crippen molar-refractivity contribution in [1.82, 2.24) is 0 Å². The first-order valence-corrected chi connectivity index (χ1v) is 11.2. The lowest BCUT2D eigenvalue weighted by atomic mass is 9.89. The summed E-state index contributed by atoms with van der Waals surface area (Å²) >= 11 is 6.29. The number of benzene rings is 3. The van der Waals surface area contributed by atoms with Crippen molar-refractivity contribution in [1.29, 1.82) is 0 Å². The van der Waals surface area contributed by atoms with Gasteiger partial charge in [-0.25, -0.2) is 9.96 Å². The van der Waals surface area contributed by atoms with Gasteiger partial charge >= 0.3 is 0 Å². The van der Waals surface area contributed by atoms with E-state index in [4.69, 9.17) is 25.9 Å². The molecule has 7 nitrogen and oxygen atoms in total. The first kappa shape index (κ1) is 22.3. The molecule has 8 heteroatoms. The number of halogens is 1. The van der Waals surface area contributed by atoms with E-state index in [1.165, 1.54) is 4.90 Å². The Morgan fingerprint density at radius 2 is 1.68 bits per heavy atom. The molecule has 174 valence electrons. The monoisotopic (exact) mass is 478 g/mol. The number of carbonyl (C=O) groups excluding carboxylic acids is 2. The third-order valence-corrected chi connectivity index (χ3v) is 6.77. The van der Waals surface area contributed by atoms with Gasteiger partial charge in [0.15, 0.2) is 6.10 Å². The van der Waals surface area contributed by atoms with E-state index >= 15 is 0 Å². The summed E-state index contributed by atoms with van der Waals surface area (Å²) in [5.41, 5.74) is 2.52. The molecule has 2 amide bonds. The fourth-order valence-corrected chi connectivity index (χ4v) is 4.85. The highest BCUT2D eigenvalue weighted by Gasteiger charge is 2.61. The molecule has 0 radical (unpaired) electrons. The van der Waals surface area contributed by atoms with E-state index in [2.05, 4.69) is 0 Å². The summed E-state index contributed by atoms with van der Waals surface area (Å²) in [4.78, 5) is 34.8. The van der Waals surface area contributed by atoms with Crippen LogP contribution in [-0.2, 0) is 14.4 Å². The van der Waals surface area contributed by atoms with Crippen molar-refractivity contribution < 1.29 is 23.9 Å². The summed E-state index contributed by atoms with van der Waals surface area (Å²) in [7, 11) is 3.14. The number of fused-ring (bicyclic) bond motifs is 1. The van der Waals surface area contributed by atoms with E-state index in [0.717, 1.165) is 5.69 Å². The highest BCUT2D eigenvalue weighted by molar-refractivity contribution is 6.32. The van der Waals surface area contributed by atoms with Gasteiger partial charge in [-0.1, -0.05) is 35.9 Å². The number of anilines is 2. The predicted octanol–water partition coefficient (Wildman–Crippen LogP) is 4.72. The van der Waals surface area contributed by atoms with Crippen LogP contribution in [0.15, 0.2) is 66.7 Å². The molecule has 0 N–H and O–H groups in total. The highest BCUT2D eigenvalue weighted by atomic mass is 35.5. The Morgan fingerprint density at radius 3 is 2.38 bits per heavy atom. The Bertz CT molecular complexity index is 1270. The van der Waals surface area contributed by atoms with Gasteiger partial charge in [-0.3, -0.25) is 14.4 Å². The quantitative estimate of drug-likeness (QED) is 0.494. The van der Waals surface area contributed by atoms with Crippen molar-refractivity contribution >= 4 is 34.8 Å². The van der Waals surface area contributed by atoms with Crippen LogP contribution in [0.3, 0.4) is 0 Å². The number of imide groups is 1. The second-order valence-corrected chi connectivity index (χ2v) is 8.57. The van der Waals surface area contributed by atoms with Gasteiger partial charge < -0.3 is 9.47 Å². The molecular formula is C26H23ClN2O5. The first-order valence-electron chi connectivity index (χ1n) is 10.8. The van der Waals surface area contributed by atoms with Gasteiger partial charge in [-0.2, -0.15) is 0 Å². The van der Waals surface area contributed by atoms with E-state index in [9.17, 15) is 9.59 Å². The smallest absolute Gasteiger partial charge is 0.266 e. The van der Waals surface area contributed by atoms with Gasteiger partial charge in [0.2, 0.25) is 5.91 Å². The standard InChI is InChI=1S/C26H23ClN2O5/c1-15-19(27)10-7-11-20(15)28-25(30)22-23(18-14-17(32-2)12-13-21(18)33-3)29(34-24(22)26(28)31)16-8-5-4-6-9-16/h4-14,22-24H,1-3H3/t22-,23-,24+/m1/s1. The largest absolute Gasteiger partial charge is 0.497 e. The number of hydrogen-bond acceptors (Lipinski definition) is 6. The molecule has 0 aromatic heterocycles. The first-order chi connectivity index (χ1) is 16.5. The Balaban J connectivity index is 1.65. The minimum absolute atomic E-state index is 0.353. The molecule has 34 heavy (non-hydrogen) atoms. The maximum Gasteiger partial charge on any atom is 0.266 e. The molecule has 2 heterocycles. The Labute approximate surface area is 202 Å². The molecule has 0 spiro atoms. The fourth-order valence-electron chi connectivity index (χ4n) is 4.68. The molecule has 3 aromatic rings. The normalized spacial score (nSPS) is 21.7. The van der Waals surface area contributed by atoms with Crippen LogP contribution in [0.4, 0.5) is 11.4 Å². The number of hydroxylamine groups is 1. The van der Waals surface area contributed by atoms with Crippen molar-refractivity contribution in [3.05, 3.63) is 82.9 Å². The highest BCUT2D eigenvalue weighted by Crippen LogP contribution is 2.50. The van der Waals surface area contributed by atoms with E-state index < -0.39 is 24.0 Å². The average Bonchev–Trinajstić information content (AvgIpc) is 3.37. The van der Waals surface area contributed by atoms with Crippen LogP contribution in [0.25, 0.3) is 0 Å². The maximum atomic E-state index is 13.9. The third kappa shape index (κ3) is 3.40. The fraction of sp³-hybridized carbons (Fsp3) is 0.231. The number of rotatable bonds is 5. The van der Waals surface area contributed by atoms with Crippen LogP contribution in [0.1, 0.15) is 17.2 Å². The van der Waals surface area contributed by atoms with Crippen LogP contribution in [0.2, 0.25) is 5.02 Å². The maximum absolute atomic E-state index is 13.9. The molecule has 2 aliphatic heterocycles. The topological polar surface area (TPSA) is 68.3 Å². The van der Waals surface area contributed by atoms with Gasteiger partial charge in [0.25, 0.3) is 5.91 Å². The van der Waals surface area contributed by atoms with Crippen molar-refractivity contribution in [3.8, 4) is 11.5 Å². The lowest BCUT2D eigenvalue weighted by Gasteiger charge is -2.30. The third-order valence-electron chi connectivity index (χ3n) is 6.36. The summed E-state index contributed by atoms with van der Waals surface area (Å²) in [5.74, 6) is -0.411. The predicted molar refractivity (Wildman–Crippen MR) is 128 cm³/mol. The number of nitrogens with zero attached hydrogens (tertiary/aromatic N) is 2. The Morgan fingerprint density at radius 1 is 0.912 bits per heavy atom. The second-order valence-electron chi connectivity index (χ2n) is 8.16. The van der Waals surface area contributed by atoms with E-state index in [1.54, 1.807) is 56.5 Å². The van der Waals surface area contributed by atoms with Crippen LogP contribution >= 0.6 is 11.6 Å². The van der Waals surface area contributed by atoms with Gasteiger partial charge in [0.1, 0.15) is 23.5 Å². The van der Waals surface area contributed by atoms with Gasteiger partial charge in [-0.05, 0) is 55.0 Å². The van der Waals surface area contributed by atoms with Crippen LogP contribution in [0.5, 0.6) is 11.5 Å². The molecule has 3 aromatic carbocycles. The molecule has 0 saturated carbocycles. The molecule has 3 atom stereocenters. The number of carbonyl (C=O) groups is 2. The van der Waals surface area contributed by atoms with Crippen LogP contribution < -0.4 is 19.4 Å². The van der Waals surface area contributed by atoms with E-state index in [-0.39, 0.29) is 5.91 Å². The lowest BCUT2D eigenvalue weighted by Crippen LogP contribution is -2.37. The summed E-state index contributed by atoms with van der Waals surface area (Å²) in [6, 6.07) is 19.3. The Kier molecular flexibility index (Phi) is 5.67. The molecule has 0 unspecified atom stereocenters. The van der Waals surface area contributed by atoms with Crippen LogP contribution in [0, 0.1) is 12.8 Å². The van der Waals surface area contributed by atoms with E-state index in [1.807, 2.05) is 36.4 Å². The second kappa shape index (κ2) is 8.66. The summed E-state index contributed by atoms with van der Waals surface area (Å²) in [5, 5.41) is 2.11. The zero-order chi connectivity index (χ0) is 24.0. The van der Waals surface area contributed by atoms with Gasteiger partial charge in [-0.15, -0.1) is 0 Å². The number of ether oxygens (including phenoxy) is 2. The minimum Gasteiger partial charge on any atom is -0.497 e. The lowest BCUT2D eigenvalue weighted by molar-refractivity contribution is -0.126. The van der Waals surface area contributed by atoms with Crippen molar-refractivity contribution in [2.45, 2.75) is 19.1 Å². The molecule has 0 bridgehead atoms. The number of amides is 2. The van der Waals surface area contributed by atoms with Gasteiger partial charge in [0, 0.05) is 10.6 Å². The average molecular weight is 479 g/mol. The molecule has 2 aliphatic rings. The SMILES string of the molecule is COc1ccc(OC)c([C@@H]2[C@H]3C(=O)N(c4cccc(Cl)c4C)C(=O)[C@H]3ON2c2ccccc2)c1. The van der Waals surface area contributed by atoms with Gasteiger partial charge in [0.05, 0.1) is 25.6 Å². The number of para-hydroxylation sites is 1. The molecule has 5 rings (SSSR count). The number of methoxy groups -OCH3 is 2. The van der Waals surface area contributed by atoms with E-state index in [0.29, 0.717) is 33.3 Å². The van der Waals surface area contributed by atoms with Crippen LogP contribution in [-0.4, -0.2) is 32.1 Å². The minimum atomic E-state index is -0.994. The molecular weight excluding hydrogens is 456 g/mol. The summed E-state index contributed by atoms with van der Waals surface area (Å²) in [6.45, 7) is 1.78. The molecule has 0 aliphatic carbocycles. The zero-order valence-corrected chi connectivity index (χ0v) is 19.7. The zero-order valence-electron chi connectivity index (χ0n) is 18.9. The van der Waals surface area contributed by atoms with Crippen molar-refractivity contribution in [2.75, 3.05) is 24.2 Å². The Hall–Kier alpha value is -3.55. The molecule has 2 fully saturated rings. The summed E-state index contributed by atoms with van der Waals surface area (Å²) < 4.78 is 11.1. The van der Waals surface area contributed by atoms with Crippen molar-refractivity contribution in [2.24, 2.45) is 5.92 Å². The number of hydrogen-bond donors (Lipinski definition) is 0. The molecule has 2 saturated heterocycles. The summed E-state index contributed by atoms with van der Waals surface area (Å²) in [6.07, 6.45) is -0.994.